The molecular formula is C19H31O. The van der Waals surface area contributed by atoms with Gasteiger partial charge in [-0.2, -0.15) is 0 Å². The highest BCUT2D eigenvalue weighted by Gasteiger charge is 2.31. The van der Waals surface area contributed by atoms with E-state index in [0.29, 0.717) is 5.75 Å². The zero-order valence-electron chi connectivity index (χ0n) is 14.7. The molecule has 1 nitrogen and oxygen atoms in total. The SMILES string of the molecule is [CH2]c1c(C(C)(C)C)cc(C(C)(C)C)c(O)c1C(C)(C)C. The summed E-state index contributed by atoms with van der Waals surface area (Å²) in [6.07, 6.45) is 0. The van der Waals surface area contributed by atoms with Crippen molar-refractivity contribution in [2.24, 2.45) is 0 Å². The Labute approximate surface area is 125 Å². The van der Waals surface area contributed by atoms with Crippen molar-refractivity contribution in [1.82, 2.24) is 0 Å². The van der Waals surface area contributed by atoms with Gasteiger partial charge in [0.15, 0.2) is 0 Å². The molecule has 20 heavy (non-hydrogen) atoms. The Kier molecular flexibility index (Phi) is 4.09. The Morgan fingerprint density at radius 1 is 0.750 bits per heavy atom. The molecule has 1 aromatic rings. The van der Waals surface area contributed by atoms with Crippen LogP contribution in [0.25, 0.3) is 0 Å². The van der Waals surface area contributed by atoms with Gasteiger partial charge in [-0.15, -0.1) is 0 Å². The summed E-state index contributed by atoms with van der Waals surface area (Å²) in [6.45, 7) is 23.7. The largest absolute Gasteiger partial charge is 0.507 e. The van der Waals surface area contributed by atoms with Crippen LogP contribution in [-0.4, -0.2) is 5.11 Å². The summed E-state index contributed by atoms with van der Waals surface area (Å²) >= 11 is 0. The number of benzene rings is 1. The molecule has 0 aliphatic rings. The van der Waals surface area contributed by atoms with Crippen molar-refractivity contribution in [2.75, 3.05) is 0 Å². The van der Waals surface area contributed by atoms with Gasteiger partial charge in [-0.25, -0.2) is 0 Å². The first-order valence-electron chi connectivity index (χ1n) is 7.40. The van der Waals surface area contributed by atoms with E-state index in [1.807, 2.05) is 0 Å². The van der Waals surface area contributed by atoms with Gasteiger partial charge in [0, 0.05) is 5.56 Å². The molecule has 1 N–H and O–H groups in total. The van der Waals surface area contributed by atoms with Gasteiger partial charge in [-0.1, -0.05) is 68.4 Å². The van der Waals surface area contributed by atoms with Crippen LogP contribution in [0.3, 0.4) is 0 Å². The van der Waals surface area contributed by atoms with Gasteiger partial charge in [-0.05, 0) is 39.9 Å². The molecule has 1 aromatic carbocycles. The average Bonchev–Trinajstić information content (AvgIpc) is 2.10. The molecule has 1 rings (SSSR count). The fourth-order valence-electron chi connectivity index (χ4n) is 2.76. The molecule has 0 bridgehead atoms. The van der Waals surface area contributed by atoms with Crippen molar-refractivity contribution in [1.29, 1.82) is 0 Å². The lowest BCUT2D eigenvalue weighted by molar-refractivity contribution is 0.420. The Morgan fingerprint density at radius 3 is 1.45 bits per heavy atom. The van der Waals surface area contributed by atoms with E-state index < -0.39 is 0 Å². The van der Waals surface area contributed by atoms with Gasteiger partial charge >= 0.3 is 0 Å². The standard InChI is InChI=1S/C19H31O/c1-12-13(17(2,3)4)11-14(18(5,6)7)16(20)15(12)19(8,9)10/h11,20H,1H2,2-10H3. The number of phenols is 1. The summed E-state index contributed by atoms with van der Waals surface area (Å²) in [5, 5.41) is 10.8. The third-order valence-corrected chi connectivity index (χ3v) is 3.77. The highest BCUT2D eigenvalue weighted by Crippen LogP contribution is 2.44. The molecule has 0 atom stereocenters. The fraction of sp³-hybridized carbons (Fsp3) is 0.632. The van der Waals surface area contributed by atoms with Crippen LogP contribution in [0.5, 0.6) is 5.75 Å². The maximum Gasteiger partial charge on any atom is 0.123 e. The van der Waals surface area contributed by atoms with E-state index in [2.05, 4.69) is 75.3 Å². The predicted octanol–water partition coefficient (Wildman–Crippen LogP) is 5.47. The van der Waals surface area contributed by atoms with Gasteiger partial charge in [0.1, 0.15) is 5.75 Å². The zero-order valence-corrected chi connectivity index (χ0v) is 14.7. The maximum atomic E-state index is 10.8. The maximum absolute atomic E-state index is 10.8. The van der Waals surface area contributed by atoms with Crippen LogP contribution in [-0.2, 0) is 16.2 Å². The van der Waals surface area contributed by atoms with E-state index in [-0.39, 0.29) is 16.2 Å². The fourth-order valence-corrected chi connectivity index (χ4v) is 2.76. The number of aromatic hydroxyl groups is 1. The van der Waals surface area contributed by atoms with Crippen LogP contribution in [0, 0.1) is 6.92 Å². The van der Waals surface area contributed by atoms with Gasteiger partial charge in [0.2, 0.25) is 0 Å². The van der Waals surface area contributed by atoms with Crippen molar-refractivity contribution >= 4 is 0 Å². The van der Waals surface area contributed by atoms with Crippen molar-refractivity contribution < 1.29 is 5.11 Å². The van der Waals surface area contributed by atoms with Crippen LogP contribution in [0.4, 0.5) is 0 Å². The van der Waals surface area contributed by atoms with Crippen molar-refractivity contribution in [3.63, 3.8) is 0 Å². The van der Waals surface area contributed by atoms with Crippen LogP contribution in [0.2, 0.25) is 0 Å². The van der Waals surface area contributed by atoms with Gasteiger partial charge in [-0.3, -0.25) is 0 Å². The molecule has 0 aliphatic carbocycles. The molecule has 1 heteroatoms. The molecule has 0 fully saturated rings. The second kappa shape index (κ2) is 4.79. The monoisotopic (exact) mass is 275 g/mol. The van der Waals surface area contributed by atoms with E-state index in [9.17, 15) is 5.11 Å². The summed E-state index contributed by atoms with van der Waals surface area (Å²) in [5.41, 5.74) is 4.01. The van der Waals surface area contributed by atoms with Crippen molar-refractivity contribution in [3.8, 4) is 5.75 Å². The highest BCUT2D eigenvalue weighted by atomic mass is 16.3. The lowest BCUT2D eigenvalue weighted by Gasteiger charge is -2.33. The van der Waals surface area contributed by atoms with Crippen LogP contribution >= 0.6 is 0 Å². The topological polar surface area (TPSA) is 20.2 Å². The Morgan fingerprint density at radius 2 is 1.15 bits per heavy atom. The molecule has 1 radical (unpaired) electrons. The Bertz CT molecular complexity index is 464. The number of rotatable bonds is 0. The molecule has 0 saturated carbocycles. The van der Waals surface area contributed by atoms with E-state index in [4.69, 9.17) is 0 Å². The Hall–Kier alpha value is -0.980. The van der Waals surface area contributed by atoms with E-state index >= 15 is 0 Å². The van der Waals surface area contributed by atoms with E-state index in [1.165, 1.54) is 5.56 Å². The minimum atomic E-state index is -0.123. The molecule has 0 aromatic heterocycles. The van der Waals surface area contributed by atoms with Gasteiger partial charge in [0.05, 0.1) is 0 Å². The summed E-state index contributed by atoms with van der Waals surface area (Å²) in [7, 11) is 0. The molecule has 0 aliphatic heterocycles. The lowest BCUT2D eigenvalue weighted by atomic mass is 9.72. The third-order valence-electron chi connectivity index (χ3n) is 3.77. The molecule has 0 unspecified atom stereocenters. The first-order valence-corrected chi connectivity index (χ1v) is 7.40. The van der Waals surface area contributed by atoms with E-state index in [1.54, 1.807) is 0 Å². The molecule has 0 heterocycles. The zero-order chi connectivity index (χ0) is 16.1. The lowest BCUT2D eigenvalue weighted by Crippen LogP contribution is -2.23. The van der Waals surface area contributed by atoms with Crippen LogP contribution < -0.4 is 0 Å². The summed E-state index contributed by atoms with van der Waals surface area (Å²) in [5.74, 6) is 0.419. The predicted molar refractivity (Wildman–Crippen MR) is 88.7 cm³/mol. The Balaban J connectivity index is 3.86. The molecule has 0 spiro atoms. The second-order valence-electron chi connectivity index (χ2n) is 8.92. The summed E-state index contributed by atoms with van der Waals surface area (Å²) in [6, 6.07) is 2.15. The molecule has 113 valence electrons. The second-order valence-corrected chi connectivity index (χ2v) is 8.92. The minimum Gasteiger partial charge on any atom is -0.507 e. The quantitative estimate of drug-likeness (QED) is 0.666. The number of hydrogen-bond acceptors (Lipinski definition) is 1. The summed E-state index contributed by atoms with van der Waals surface area (Å²) < 4.78 is 0. The van der Waals surface area contributed by atoms with Crippen molar-refractivity contribution in [3.05, 3.63) is 35.2 Å². The minimum absolute atomic E-state index is 0.0186. The van der Waals surface area contributed by atoms with E-state index in [0.717, 1.165) is 16.7 Å². The first kappa shape index (κ1) is 17.1. The average molecular weight is 275 g/mol. The summed E-state index contributed by atoms with van der Waals surface area (Å²) in [4.78, 5) is 0. The van der Waals surface area contributed by atoms with Gasteiger partial charge in [0.25, 0.3) is 0 Å². The van der Waals surface area contributed by atoms with Crippen LogP contribution in [0.1, 0.15) is 84.6 Å². The third kappa shape index (κ3) is 3.19. The van der Waals surface area contributed by atoms with Crippen molar-refractivity contribution in [2.45, 2.75) is 78.6 Å². The molecule has 0 saturated heterocycles. The van der Waals surface area contributed by atoms with Gasteiger partial charge < -0.3 is 5.11 Å². The molecule has 0 amide bonds. The first-order chi connectivity index (χ1) is 8.67. The number of phenolic OH excluding ortho intramolecular Hbond substituents is 1. The number of hydrogen-bond donors (Lipinski definition) is 1. The van der Waals surface area contributed by atoms with Crippen LogP contribution in [0.15, 0.2) is 6.07 Å². The highest BCUT2D eigenvalue weighted by molar-refractivity contribution is 5.57. The molecular weight excluding hydrogens is 244 g/mol. The smallest absolute Gasteiger partial charge is 0.123 e. The normalized spacial score (nSPS) is 13.7.